The Morgan fingerprint density at radius 3 is 2.65 bits per heavy atom. The Bertz CT molecular complexity index is 568. The number of aliphatic carboxylic acids is 1. The Balaban J connectivity index is 2.30. The van der Waals surface area contributed by atoms with Crippen LogP contribution in [0, 0.1) is 0 Å². The Labute approximate surface area is 117 Å². The van der Waals surface area contributed by atoms with Gasteiger partial charge in [0.25, 0.3) is 0 Å². The molecule has 0 aliphatic heterocycles. The van der Waals surface area contributed by atoms with Crippen LogP contribution < -0.4 is 0 Å². The molecule has 2 rings (SSSR count). The van der Waals surface area contributed by atoms with Gasteiger partial charge in [-0.2, -0.15) is 0 Å². The van der Waals surface area contributed by atoms with Gasteiger partial charge in [0.1, 0.15) is 0 Å². The summed E-state index contributed by atoms with van der Waals surface area (Å²) in [7, 11) is 0. The fourth-order valence-electron chi connectivity index (χ4n) is 2.24. The molecular weight excluding hydrogens is 256 g/mol. The predicted molar refractivity (Wildman–Crippen MR) is 73.4 cm³/mol. The standard InChI is InChI=1S/C14H18N4O2/c1-3-12(9-13(19)20)18-14(15-16-17-18)10(2)11-7-5-4-6-8-11/h4-8,10,12H,3,9H2,1-2H3,(H,19,20). The molecule has 0 saturated carbocycles. The summed E-state index contributed by atoms with van der Waals surface area (Å²) < 4.78 is 1.64. The van der Waals surface area contributed by atoms with Gasteiger partial charge >= 0.3 is 5.97 Å². The first-order valence-corrected chi connectivity index (χ1v) is 6.68. The summed E-state index contributed by atoms with van der Waals surface area (Å²) in [5.74, 6) is -0.121. The number of hydrogen-bond acceptors (Lipinski definition) is 4. The van der Waals surface area contributed by atoms with Crippen molar-refractivity contribution in [3.63, 3.8) is 0 Å². The number of benzene rings is 1. The number of rotatable bonds is 6. The lowest BCUT2D eigenvalue weighted by atomic mass is 10.00. The summed E-state index contributed by atoms with van der Waals surface area (Å²) in [5.41, 5.74) is 1.11. The topological polar surface area (TPSA) is 80.9 Å². The maximum absolute atomic E-state index is 10.9. The van der Waals surface area contributed by atoms with Gasteiger partial charge in [0.15, 0.2) is 5.82 Å². The largest absolute Gasteiger partial charge is 0.481 e. The molecule has 1 aromatic carbocycles. The first kappa shape index (κ1) is 14.2. The zero-order valence-corrected chi connectivity index (χ0v) is 11.6. The molecule has 0 saturated heterocycles. The minimum absolute atomic E-state index is 0.0223. The maximum Gasteiger partial charge on any atom is 0.305 e. The minimum atomic E-state index is -0.842. The molecule has 106 valence electrons. The summed E-state index contributed by atoms with van der Waals surface area (Å²) in [6.45, 7) is 3.96. The average Bonchev–Trinajstić information content (AvgIpc) is 2.94. The van der Waals surface area contributed by atoms with E-state index in [0.29, 0.717) is 12.2 Å². The zero-order valence-electron chi connectivity index (χ0n) is 11.6. The van der Waals surface area contributed by atoms with Gasteiger partial charge in [-0.25, -0.2) is 4.68 Å². The Morgan fingerprint density at radius 1 is 1.35 bits per heavy atom. The number of carboxylic acids is 1. The van der Waals surface area contributed by atoms with E-state index in [2.05, 4.69) is 15.5 Å². The highest BCUT2D eigenvalue weighted by molar-refractivity contribution is 5.67. The number of aromatic nitrogens is 4. The summed E-state index contributed by atoms with van der Waals surface area (Å²) >= 11 is 0. The van der Waals surface area contributed by atoms with Gasteiger partial charge in [0, 0.05) is 5.92 Å². The van der Waals surface area contributed by atoms with Crippen molar-refractivity contribution >= 4 is 5.97 Å². The van der Waals surface area contributed by atoms with E-state index in [0.717, 1.165) is 5.56 Å². The lowest BCUT2D eigenvalue weighted by Gasteiger charge is -2.17. The molecule has 0 radical (unpaired) electrons. The minimum Gasteiger partial charge on any atom is -0.481 e. The quantitative estimate of drug-likeness (QED) is 0.873. The molecule has 20 heavy (non-hydrogen) atoms. The number of carboxylic acid groups (broad SMARTS) is 1. The van der Waals surface area contributed by atoms with E-state index in [1.54, 1.807) is 4.68 Å². The highest BCUT2D eigenvalue weighted by Gasteiger charge is 2.22. The van der Waals surface area contributed by atoms with Crippen molar-refractivity contribution in [1.82, 2.24) is 20.2 Å². The molecule has 0 aliphatic rings. The van der Waals surface area contributed by atoms with E-state index in [1.165, 1.54) is 0 Å². The Hall–Kier alpha value is -2.24. The van der Waals surface area contributed by atoms with E-state index >= 15 is 0 Å². The van der Waals surface area contributed by atoms with Crippen molar-refractivity contribution in [2.45, 2.75) is 38.6 Å². The SMILES string of the molecule is CCC(CC(=O)O)n1nnnc1C(C)c1ccccc1. The lowest BCUT2D eigenvalue weighted by molar-refractivity contribution is -0.138. The van der Waals surface area contributed by atoms with E-state index < -0.39 is 5.97 Å². The monoisotopic (exact) mass is 274 g/mol. The van der Waals surface area contributed by atoms with Gasteiger partial charge in [-0.1, -0.05) is 44.2 Å². The molecule has 2 aromatic rings. The van der Waals surface area contributed by atoms with Gasteiger partial charge < -0.3 is 5.11 Å². The first-order chi connectivity index (χ1) is 9.63. The van der Waals surface area contributed by atoms with Crippen LogP contribution in [0.3, 0.4) is 0 Å². The highest BCUT2D eigenvalue weighted by Crippen LogP contribution is 2.25. The van der Waals surface area contributed by atoms with Crippen molar-refractivity contribution in [3.05, 3.63) is 41.7 Å². The fraction of sp³-hybridized carbons (Fsp3) is 0.429. The molecule has 6 nitrogen and oxygen atoms in total. The molecule has 0 amide bonds. The molecule has 0 spiro atoms. The number of tetrazole rings is 1. The number of nitrogens with zero attached hydrogens (tertiary/aromatic N) is 4. The van der Waals surface area contributed by atoms with Gasteiger partial charge in [0.05, 0.1) is 12.5 Å². The van der Waals surface area contributed by atoms with Crippen molar-refractivity contribution < 1.29 is 9.90 Å². The average molecular weight is 274 g/mol. The van der Waals surface area contributed by atoms with Crippen molar-refractivity contribution in [2.24, 2.45) is 0 Å². The second-order valence-electron chi connectivity index (χ2n) is 4.77. The molecule has 0 aliphatic carbocycles. The lowest BCUT2D eigenvalue weighted by Crippen LogP contribution is -2.18. The molecule has 6 heteroatoms. The van der Waals surface area contributed by atoms with Gasteiger partial charge in [-0.15, -0.1) is 5.10 Å². The smallest absolute Gasteiger partial charge is 0.305 e. The summed E-state index contributed by atoms with van der Waals surface area (Å²) in [6.07, 6.45) is 0.696. The van der Waals surface area contributed by atoms with E-state index in [-0.39, 0.29) is 18.4 Å². The molecule has 1 N–H and O–H groups in total. The molecular formula is C14H18N4O2. The Kier molecular flexibility index (Phi) is 4.45. The fourth-order valence-corrected chi connectivity index (χ4v) is 2.24. The van der Waals surface area contributed by atoms with Crippen molar-refractivity contribution in [1.29, 1.82) is 0 Å². The van der Waals surface area contributed by atoms with Crippen LogP contribution in [-0.2, 0) is 4.79 Å². The molecule has 2 unspecified atom stereocenters. The van der Waals surface area contributed by atoms with Gasteiger partial charge in [-0.05, 0) is 22.4 Å². The first-order valence-electron chi connectivity index (χ1n) is 6.68. The van der Waals surface area contributed by atoms with Crippen LogP contribution in [0.5, 0.6) is 0 Å². The third-order valence-electron chi connectivity index (χ3n) is 3.43. The van der Waals surface area contributed by atoms with Crippen LogP contribution in [0.25, 0.3) is 0 Å². The summed E-state index contributed by atoms with van der Waals surface area (Å²) in [4.78, 5) is 10.9. The van der Waals surface area contributed by atoms with Crippen molar-refractivity contribution in [2.75, 3.05) is 0 Å². The van der Waals surface area contributed by atoms with E-state index in [9.17, 15) is 4.79 Å². The van der Waals surface area contributed by atoms with Gasteiger partial charge in [0.2, 0.25) is 0 Å². The number of carbonyl (C=O) groups is 1. The third-order valence-corrected chi connectivity index (χ3v) is 3.43. The van der Waals surface area contributed by atoms with Crippen LogP contribution in [0.4, 0.5) is 0 Å². The maximum atomic E-state index is 10.9. The van der Waals surface area contributed by atoms with Crippen LogP contribution in [0.1, 0.15) is 50.0 Å². The van der Waals surface area contributed by atoms with Crippen LogP contribution in [0.2, 0.25) is 0 Å². The second kappa shape index (κ2) is 6.27. The zero-order chi connectivity index (χ0) is 14.5. The van der Waals surface area contributed by atoms with Crippen LogP contribution >= 0.6 is 0 Å². The second-order valence-corrected chi connectivity index (χ2v) is 4.77. The molecule has 1 aromatic heterocycles. The normalized spacial score (nSPS) is 13.9. The highest BCUT2D eigenvalue weighted by atomic mass is 16.4. The van der Waals surface area contributed by atoms with E-state index in [1.807, 2.05) is 44.2 Å². The van der Waals surface area contributed by atoms with Gasteiger partial charge in [-0.3, -0.25) is 4.79 Å². The van der Waals surface area contributed by atoms with Crippen molar-refractivity contribution in [3.8, 4) is 0 Å². The van der Waals surface area contributed by atoms with E-state index in [4.69, 9.17) is 5.11 Å². The van der Waals surface area contributed by atoms with Crippen LogP contribution in [0.15, 0.2) is 30.3 Å². The molecule has 2 atom stereocenters. The third kappa shape index (κ3) is 3.01. The Morgan fingerprint density at radius 2 is 2.05 bits per heavy atom. The predicted octanol–water partition coefficient (Wildman–Crippen LogP) is 2.25. The molecule has 0 bridgehead atoms. The number of hydrogen-bond donors (Lipinski definition) is 1. The van der Waals surface area contributed by atoms with Crippen LogP contribution in [-0.4, -0.2) is 31.3 Å². The molecule has 1 heterocycles. The molecule has 0 fully saturated rings. The summed E-state index contributed by atoms with van der Waals surface area (Å²) in [5, 5.41) is 20.8. The summed E-state index contributed by atoms with van der Waals surface area (Å²) in [6, 6.07) is 9.70.